The smallest absolute Gasteiger partial charge is 0.338 e. The Morgan fingerprint density at radius 3 is 2.47 bits per heavy atom. The first-order valence-corrected chi connectivity index (χ1v) is 10.9. The minimum Gasteiger partial charge on any atom is -0.490 e. The molecule has 1 saturated heterocycles. The number of carbonyl (C=O) groups is 2. The van der Waals surface area contributed by atoms with Crippen LogP contribution in [0.2, 0.25) is 0 Å². The molecular formula is C23H33NO6. The molecule has 0 aromatic heterocycles. The van der Waals surface area contributed by atoms with Crippen LogP contribution in [-0.4, -0.2) is 57.6 Å². The molecule has 7 heteroatoms. The van der Waals surface area contributed by atoms with Gasteiger partial charge in [0.05, 0.1) is 25.2 Å². The van der Waals surface area contributed by atoms with Crippen molar-refractivity contribution in [3.8, 4) is 5.75 Å². The summed E-state index contributed by atoms with van der Waals surface area (Å²) in [6, 6.07) is 4.12. The molecule has 0 spiro atoms. The van der Waals surface area contributed by atoms with Crippen LogP contribution in [0.15, 0.2) is 12.1 Å². The van der Waals surface area contributed by atoms with E-state index in [0.717, 1.165) is 43.9 Å². The van der Waals surface area contributed by atoms with Crippen molar-refractivity contribution in [2.75, 3.05) is 38.4 Å². The second-order valence-electron chi connectivity index (χ2n) is 7.90. The Morgan fingerprint density at radius 1 is 1.17 bits per heavy atom. The summed E-state index contributed by atoms with van der Waals surface area (Å²) in [5.74, 6) is -0.00254. The molecule has 0 N–H and O–H groups in total. The summed E-state index contributed by atoms with van der Waals surface area (Å²) in [6.45, 7) is 8.59. The molecule has 1 aliphatic heterocycles. The Morgan fingerprint density at radius 2 is 1.87 bits per heavy atom. The molecule has 2 aliphatic rings. The highest BCUT2D eigenvalue weighted by molar-refractivity contribution is 5.93. The zero-order valence-corrected chi connectivity index (χ0v) is 18.4. The summed E-state index contributed by atoms with van der Waals surface area (Å²) in [7, 11) is 1.39. The summed E-state index contributed by atoms with van der Waals surface area (Å²) >= 11 is 0. The second-order valence-corrected chi connectivity index (χ2v) is 7.90. The lowest BCUT2D eigenvalue weighted by Gasteiger charge is -2.37. The maximum Gasteiger partial charge on any atom is 0.338 e. The first-order chi connectivity index (χ1) is 14.5. The molecule has 166 valence electrons. The van der Waals surface area contributed by atoms with Gasteiger partial charge in [-0.3, -0.25) is 4.79 Å². The van der Waals surface area contributed by atoms with Crippen LogP contribution in [0, 0.1) is 12.8 Å². The third kappa shape index (κ3) is 4.89. The number of anilines is 1. The molecule has 1 heterocycles. The van der Waals surface area contributed by atoms with Crippen LogP contribution in [0.3, 0.4) is 0 Å². The predicted octanol–water partition coefficient (Wildman–Crippen LogP) is 3.51. The zero-order valence-electron chi connectivity index (χ0n) is 18.4. The van der Waals surface area contributed by atoms with Crippen molar-refractivity contribution in [2.24, 2.45) is 5.92 Å². The van der Waals surface area contributed by atoms with Gasteiger partial charge >= 0.3 is 11.9 Å². The first kappa shape index (κ1) is 22.4. The molecule has 0 atom stereocenters. The maximum atomic E-state index is 12.4. The van der Waals surface area contributed by atoms with Gasteiger partial charge in [-0.2, -0.15) is 0 Å². The number of hydrogen-bond donors (Lipinski definition) is 0. The number of nitrogens with zero attached hydrogens (tertiary/aromatic N) is 1. The van der Waals surface area contributed by atoms with Gasteiger partial charge in [-0.05, 0) is 58.1 Å². The highest BCUT2D eigenvalue weighted by Crippen LogP contribution is 2.37. The van der Waals surface area contributed by atoms with Crippen LogP contribution in [0.25, 0.3) is 0 Å². The molecule has 3 rings (SSSR count). The van der Waals surface area contributed by atoms with E-state index in [4.69, 9.17) is 18.9 Å². The lowest BCUT2D eigenvalue weighted by Crippen LogP contribution is -2.40. The number of rotatable bonds is 8. The van der Waals surface area contributed by atoms with Gasteiger partial charge < -0.3 is 23.8 Å². The van der Waals surface area contributed by atoms with E-state index in [9.17, 15) is 9.59 Å². The monoisotopic (exact) mass is 419 g/mol. The minimum atomic E-state index is -0.375. The van der Waals surface area contributed by atoms with Crippen molar-refractivity contribution in [1.29, 1.82) is 0 Å². The van der Waals surface area contributed by atoms with Crippen LogP contribution < -0.4 is 9.64 Å². The molecule has 0 unspecified atom stereocenters. The average Bonchev–Trinajstić information content (AvgIpc) is 2.73. The first-order valence-electron chi connectivity index (χ1n) is 10.9. The fourth-order valence-electron chi connectivity index (χ4n) is 4.29. The van der Waals surface area contributed by atoms with E-state index in [2.05, 4.69) is 11.8 Å². The van der Waals surface area contributed by atoms with Crippen molar-refractivity contribution < 1.29 is 28.5 Å². The standard InChI is InChI=1S/C23H33NO6/c1-5-24(17-7-9-28-10-8-17)21-14-19(13-20(15(21)3)23(26)27-4)30-18-11-16(12-18)22(25)29-6-2/h13-14,16-18H,5-12H2,1-4H3. The lowest BCUT2D eigenvalue weighted by molar-refractivity contribution is -0.154. The number of esters is 2. The van der Waals surface area contributed by atoms with Gasteiger partial charge in [-0.15, -0.1) is 0 Å². The summed E-state index contributed by atoms with van der Waals surface area (Å²) in [5, 5.41) is 0. The Labute approximate surface area is 178 Å². The summed E-state index contributed by atoms with van der Waals surface area (Å²) in [6.07, 6.45) is 3.12. The Bertz CT molecular complexity index is 752. The molecule has 0 amide bonds. The van der Waals surface area contributed by atoms with Crippen LogP contribution in [-0.2, 0) is 19.0 Å². The highest BCUT2D eigenvalue weighted by Gasteiger charge is 2.37. The second kappa shape index (κ2) is 10.2. The molecular weight excluding hydrogens is 386 g/mol. The third-order valence-electron chi connectivity index (χ3n) is 6.06. The summed E-state index contributed by atoms with van der Waals surface area (Å²) < 4.78 is 21.8. The average molecular weight is 420 g/mol. The maximum absolute atomic E-state index is 12.4. The zero-order chi connectivity index (χ0) is 21.7. The van der Waals surface area contributed by atoms with Crippen LogP contribution in [0.4, 0.5) is 5.69 Å². The Kier molecular flexibility index (Phi) is 7.58. The van der Waals surface area contributed by atoms with E-state index in [0.29, 0.717) is 36.8 Å². The molecule has 1 aromatic carbocycles. The molecule has 1 aliphatic carbocycles. The van der Waals surface area contributed by atoms with E-state index in [1.807, 2.05) is 19.9 Å². The van der Waals surface area contributed by atoms with E-state index < -0.39 is 0 Å². The van der Waals surface area contributed by atoms with Gasteiger partial charge in [0.2, 0.25) is 0 Å². The third-order valence-corrected chi connectivity index (χ3v) is 6.06. The molecule has 1 aromatic rings. The van der Waals surface area contributed by atoms with E-state index in [1.54, 1.807) is 6.07 Å². The van der Waals surface area contributed by atoms with Crippen LogP contribution in [0.1, 0.15) is 55.5 Å². The summed E-state index contributed by atoms with van der Waals surface area (Å²) in [4.78, 5) is 26.6. The Hall–Kier alpha value is -2.28. The van der Waals surface area contributed by atoms with Crippen molar-refractivity contribution in [1.82, 2.24) is 0 Å². The fraction of sp³-hybridized carbons (Fsp3) is 0.652. The number of methoxy groups -OCH3 is 1. The molecule has 2 fully saturated rings. The van der Waals surface area contributed by atoms with E-state index in [-0.39, 0.29) is 24.0 Å². The van der Waals surface area contributed by atoms with Gasteiger partial charge in [0.15, 0.2) is 0 Å². The van der Waals surface area contributed by atoms with Crippen molar-refractivity contribution >= 4 is 17.6 Å². The number of carbonyl (C=O) groups excluding carboxylic acids is 2. The molecule has 7 nitrogen and oxygen atoms in total. The quantitative estimate of drug-likeness (QED) is 0.597. The normalized spacial score (nSPS) is 21.5. The van der Waals surface area contributed by atoms with E-state index in [1.165, 1.54) is 7.11 Å². The fourth-order valence-corrected chi connectivity index (χ4v) is 4.29. The van der Waals surface area contributed by atoms with E-state index >= 15 is 0 Å². The van der Waals surface area contributed by atoms with Crippen molar-refractivity contribution in [3.63, 3.8) is 0 Å². The molecule has 30 heavy (non-hydrogen) atoms. The molecule has 0 bridgehead atoms. The molecule has 1 saturated carbocycles. The Balaban J connectivity index is 1.82. The van der Waals surface area contributed by atoms with Crippen LogP contribution >= 0.6 is 0 Å². The predicted molar refractivity (Wildman–Crippen MR) is 113 cm³/mol. The number of benzene rings is 1. The largest absolute Gasteiger partial charge is 0.490 e. The SMILES string of the molecule is CCOC(=O)C1CC(Oc2cc(C(=O)OC)c(C)c(N(CC)C3CCOCC3)c2)C1. The van der Waals surface area contributed by atoms with Gasteiger partial charge in [-0.25, -0.2) is 4.79 Å². The van der Waals surface area contributed by atoms with Gasteiger partial charge in [0, 0.05) is 37.6 Å². The number of hydrogen-bond acceptors (Lipinski definition) is 7. The van der Waals surface area contributed by atoms with Crippen molar-refractivity contribution in [2.45, 2.75) is 58.6 Å². The highest BCUT2D eigenvalue weighted by atomic mass is 16.5. The topological polar surface area (TPSA) is 74.3 Å². The van der Waals surface area contributed by atoms with Gasteiger partial charge in [-0.1, -0.05) is 0 Å². The van der Waals surface area contributed by atoms with Crippen LogP contribution in [0.5, 0.6) is 5.75 Å². The minimum absolute atomic E-state index is 0.0568. The number of ether oxygens (including phenoxy) is 4. The van der Waals surface area contributed by atoms with Crippen molar-refractivity contribution in [3.05, 3.63) is 23.3 Å². The van der Waals surface area contributed by atoms with Gasteiger partial charge in [0.1, 0.15) is 11.9 Å². The van der Waals surface area contributed by atoms with Gasteiger partial charge in [0.25, 0.3) is 0 Å². The lowest BCUT2D eigenvalue weighted by atomic mass is 9.82. The summed E-state index contributed by atoms with van der Waals surface area (Å²) in [5.41, 5.74) is 2.39. The molecule has 0 radical (unpaired) electrons.